The van der Waals surface area contributed by atoms with Crippen LogP contribution in [0, 0.1) is 0 Å². The van der Waals surface area contributed by atoms with Gasteiger partial charge in [0.05, 0.1) is 13.2 Å². The van der Waals surface area contributed by atoms with Gasteiger partial charge >= 0.3 is 0 Å². The Morgan fingerprint density at radius 1 is 1.19 bits per heavy atom. The molecule has 2 bridgehead atoms. The highest BCUT2D eigenvalue weighted by Gasteiger charge is 2.40. The summed E-state index contributed by atoms with van der Waals surface area (Å²) >= 11 is 0. The van der Waals surface area contributed by atoms with E-state index in [2.05, 4.69) is 17.1 Å². The lowest BCUT2D eigenvalue weighted by atomic mass is 9.97. The predicted octanol–water partition coefficient (Wildman–Crippen LogP) is 0.840. The van der Waals surface area contributed by atoms with Crippen LogP contribution in [0.5, 0.6) is 0 Å². The van der Waals surface area contributed by atoms with Crippen molar-refractivity contribution in [3.63, 3.8) is 0 Å². The Labute approximate surface area is 128 Å². The van der Waals surface area contributed by atoms with Gasteiger partial charge in [0.25, 0.3) is 0 Å². The first-order chi connectivity index (χ1) is 10.3. The van der Waals surface area contributed by atoms with Crippen molar-refractivity contribution in [1.82, 2.24) is 15.1 Å². The zero-order valence-electron chi connectivity index (χ0n) is 13.2. The molecule has 21 heavy (non-hydrogen) atoms. The molecule has 3 fully saturated rings. The minimum atomic E-state index is 0.312. The second kappa shape index (κ2) is 7.07. The number of rotatable bonds is 5. The largest absolute Gasteiger partial charge is 0.378 e. The molecule has 1 N–H and O–H groups in total. The van der Waals surface area contributed by atoms with Gasteiger partial charge in [0.15, 0.2) is 0 Å². The van der Waals surface area contributed by atoms with Crippen molar-refractivity contribution in [1.29, 1.82) is 0 Å². The molecule has 5 nitrogen and oxygen atoms in total. The van der Waals surface area contributed by atoms with Crippen molar-refractivity contribution in [2.24, 2.45) is 0 Å². The molecular formula is C16H29N3O2. The lowest BCUT2D eigenvalue weighted by Gasteiger charge is -2.39. The van der Waals surface area contributed by atoms with Crippen LogP contribution >= 0.6 is 0 Å². The molecule has 0 saturated carbocycles. The number of fused-ring (bicyclic) bond motifs is 2. The standard InChI is InChI=1S/C16H29N3O2/c1-2-17-13-11-14-3-4-15(12-13)19(14)6-5-16(20)18-7-9-21-10-8-18/h13-15,17H,2-12H2,1H3. The van der Waals surface area contributed by atoms with Gasteiger partial charge in [0.2, 0.25) is 5.91 Å². The molecule has 0 aromatic rings. The molecule has 3 aliphatic heterocycles. The molecule has 3 heterocycles. The smallest absolute Gasteiger partial charge is 0.224 e. The van der Waals surface area contributed by atoms with E-state index in [1.165, 1.54) is 25.7 Å². The summed E-state index contributed by atoms with van der Waals surface area (Å²) in [6.45, 7) is 7.15. The SMILES string of the molecule is CCNC1CC2CCC(C1)N2CCC(=O)N1CCOCC1. The van der Waals surface area contributed by atoms with E-state index in [1.54, 1.807) is 0 Å². The van der Waals surface area contributed by atoms with Crippen molar-refractivity contribution in [2.75, 3.05) is 39.4 Å². The molecule has 0 aromatic carbocycles. The molecule has 5 heteroatoms. The first-order valence-electron chi connectivity index (χ1n) is 8.62. The number of hydrogen-bond acceptors (Lipinski definition) is 4. The number of carbonyl (C=O) groups is 1. The van der Waals surface area contributed by atoms with E-state index < -0.39 is 0 Å². The Balaban J connectivity index is 1.46. The summed E-state index contributed by atoms with van der Waals surface area (Å²) in [5.41, 5.74) is 0. The lowest BCUT2D eigenvalue weighted by molar-refractivity contribution is -0.135. The summed E-state index contributed by atoms with van der Waals surface area (Å²) in [6.07, 6.45) is 5.83. The van der Waals surface area contributed by atoms with Gasteiger partial charge in [-0.2, -0.15) is 0 Å². The molecule has 0 spiro atoms. The van der Waals surface area contributed by atoms with Crippen LogP contribution in [0.4, 0.5) is 0 Å². The Hall–Kier alpha value is -0.650. The number of piperidine rings is 1. The van der Waals surface area contributed by atoms with E-state index in [0.29, 0.717) is 43.7 Å². The summed E-state index contributed by atoms with van der Waals surface area (Å²) in [7, 11) is 0. The molecule has 0 radical (unpaired) electrons. The zero-order chi connectivity index (χ0) is 14.7. The highest BCUT2D eigenvalue weighted by atomic mass is 16.5. The van der Waals surface area contributed by atoms with E-state index in [4.69, 9.17) is 4.74 Å². The number of ether oxygens (including phenoxy) is 1. The van der Waals surface area contributed by atoms with E-state index in [1.807, 2.05) is 4.90 Å². The Morgan fingerprint density at radius 3 is 2.48 bits per heavy atom. The van der Waals surface area contributed by atoms with Gasteiger partial charge in [-0.25, -0.2) is 0 Å². The highest BCUT2D eigenvalue weighted by Crippen LogP contribution is 2.35. The molecule has 0 aliphatic carbocycles. The maximum Gasteiger partial charge on any atom is 0.224 e. The van der Waals surface area contributed by atoms with Crippen molar-refractivity contribution >= 4 is 5.91 Å². The fourth-order valence-electron chi connectivity index (χ4n) is 4.29. The van der Waals surface area contributed by atoms with Gasteiger partial charge in [0.1, 0.15) is 0 Å². The first-order valence-corrected chi connectivity index (χ1v) is 8.62. The molecular weight excluding hydrogens is 266 g/mol. The fourth-order valence-corrected chi connectivity index (χ4v) is 4.29. The van der Waals surface area contributed by atoms with E-state index in [9.17, 15) is 4.79 Å². The number of hydrogen-bond donors (Lipinski definition) is 1. The minimum absolute atomic E-state index is 0.312. The Kier molecular flexibility index (Phi) is 5.14. The Morgan fingerprint density at radius 2 is 1.86 bits per heavy atom. The summed E-state index contributed by atoms with van der Waals surface area (Å²) in [5.74, 6) is 0.312. The van der Waals surface area contributed by atoms with E-state index in [0.717, 1.165) is 26.2 Å². The van der Waals surface area contributed by atoms with Gasteiger partial charge in [-0.3, -0.25) is 9.69 Å². The number of nitrogens with one attached hydrogen (secondary N) is 1. The number of amides is 1. The van der Waals surface area contributed by atoms with Crippen LogP contribution in [0.1, 0.15) is 39.0 Å². The van der Waals surface area contributed by atoms with Gasteiger partial charge in [-0.1, -0.05) is 6.92 Å². The van der Waals surface area contributed by atoms with Crippen LogP contribution in [0.15, 0.2) is 0 Å². The van der Waals surface area contributed by atoms with Crippen LogP contribution in [-0.4, -0.2) is 73.2 Å². The van der Waals surface area contributed by atoms with Crippen LogP contribution in [0.25, 0.3) is 0 Å². The normalized spacial score (nSPS) is 33.4. The number of morpholine rings is 1. The number of nitrogens with zero attached hydrogens (tertiary/aromatic N) is 2. The quantitative estimate of drug-likeness (QED) is 0.816. The lowest BCUT2D eigenvalue weighted by Crippen LogP contribution is -2.50. The van der Waals surface area contributed by atoms with Crippen LogP contribution in [0.2, 0.25) is 0 Å². The average Bonchev–Trinajstić information content (AvgIpc) is 2.75. The van der Waals surface area contributed by atoms with E-state index in [-0.39, 0.29) is 0 Å². The van der Waals surface area contributed by atoms with Crippen molar-refractivity contribution in [3.05, 3.63) is 0 Å². The maximum absolute atomic E-state index is 12.3. The average molecular weight is 295 g/mol. The second-order valence-corrected chi connectivity index (χ2v) is 6.59. The highest BCUT2D eigenvalue weighted by molar-refractivity contribution is 5.76. The topological polar surface area (TPSA) is 44.8 Å². The number of carbonyl (C=O) groups excluding carboxylic acids is 1. The van der Waals surface area contributed by atoms with Crippen LogP contribution in [-0.2, 0) is 9.53 Å². The molecule has 2 unspecified atom stereocenters. The van der Waals surface area contributed by atoms with Gasteiger partial charge in [-0.05, 0) is 32.2 Å². The van der Waals surface area contributed by atoms with Crippen molar-refractivity contribution < 1.29 is 9.53 Å². The molecule has 3 rings (SSSR count). The third-order valence-corrected chi connectivity index (χ3v) is 5.32. The van der Waals surface area contributed by atoms with Gasteiger partial charge < -0.3 is 15.0 Å². The predicted molar refractivity (Wildman–Crippen MR) is 82.2 cm³/mol. The molecule has 3 aliphatic rings. The first kappa shape index (κ1) is 15.3. The van der Waals surface area contributed by atoms with E-state index >= 15 is 0 Å². The summed E-state index contributed by atoms with van der Waals surface area (Å²) in [6, 6.07) is 2.09. The van der Waals surface area contributed by atoms with Crippen LogP contribution < -0.4 is 5.32 Å². The summed E-state index contributed by atoms with van der Waals surface area (Å²) < 4.78 is 5.31. The molecule has 120 valence electrons. The Bertz CT molecular complexity index is 343. The second-order valence-electron chi connectivity index (χ2n) is 6.59. The molecule has 3 saturated heterocycles. The van der Waals surface area contributed by atoms with Crippen molar-refractivity contribution in [3.8, 4) is 0 Å². The van der Waals surface area contributed by atoms with Crippen LogP contribution in [0.3, 0.4) is 0 Å². The molecule has 0 aromatic heterocycles. The molecule has 1 amide bonds. The zero-order valence-corrected chi connectivity index (χ0v) is 13.2. The summed E-state index contributed by atoms with van der Waals surface area (Å²) in [5, 5.41) is 3.61. The van der Waals surface area contributed by atoms with Crippen molar-refractivity contribution in [2.45, 2.75) is 57.2 Å². The third-order valence-electron chi connectivity index (χ3n) is 5.32. The van der Waals surface area contributed by atoms with Gasteiger partial charge in [-0.15, -0.1) is 0 Å². The molecule has 2 atom stereocenters. The maximum atomic E-state index is 12.3. The summed E-state index contributed by atoms with van der Waals surface area (Å²) in [4.78, 5) is 16.9. The minimum Gasteiger partial charge on any atom is -0.378 e. The monoisotopic (exact) mass is 295 g/mol. The third kappa shape index (κ3) is 3.58. The fraction of sp³-hybridized carbons (Fsp3) is 0.938. The van der Waals surface area contributed by atoms with Gasteiger partial charge in [0, 0.05) is 44.2 Å².